The van der Waals surface area contributed by atoms with Crippen molar-refractivity contribution in [3.8, 4) is 0 Å². The minimum Gasteiger partial charge on any atom is -0.356 e. The first-order chi connectivity index (χ1) is 9.66. The Morgan fingerprint density at radius 1 is 1.48 bits per heavy atom. The molecule has 3 nitrogen and oxygen atoms in total. The molecule has 2 atom stereocenters. The highest BCUT2D eigenvalue weighted by Crippen LogP contribution is 2.13. The molecule has 1 aromatic carbocycles. The number of nitrogens with one attached hydrogen (secondary N) is 2. The van der Waals surface area contributed by atoms with Crippen molar-refractivity contribution in [2.45, 2.75) is 26.2 Å². The maximum absolute atomic E-state index is 13.5. The SMILES string of the molecule is CC(Cc1ccccc1F)C(=O)NCCC1CCNC1.Cl. The van der Waals surface area contributed by atoms with E-state index in [9.17, 15) is 9.18 Å². The Morgan fingerprint density at radius 3 is 2.90 bits per heavy atom. The Hall–Kier alpha value is -1.13. The van der Waals surface area contributed by atoms with E-state index in [1.54, 1.807) is 18.2 Å². The lowest BCUT2D eigenvalue weighted by molar-refractivity contribution is -0.124. The molecule has 1 saturated heterocycles. The monoisotopic (exact) mass is 314 g/mol. The standard InChI is InChI=1S/C16H23FN2O.ClH/c1-12(10-14-4-2-3-5-15(14)17)16(20)19-9-7-13-6-8-18-11-13;/h2-5,12-13,18H,6-11H2,1H3,(H,19,20);1H. The van der Waals surface area contributed by atoms with Gasteiger partial charge >= 0.3 is 0 Å². The van der Waals surface area contributed by atoms with Gasteiger partial charge in [-0.15, -0.1) is 12.4 Å². The van der Waals surface area contributed by atoms with Crippen molar-refractivity contribution in [1.82, 2.24) is 10.6 Å². The number of halogens is 2. The van der Waals surface area contributed by atoms with Crippen molar-refractivity contribution in [2.75, 3.05) is 19.6 Å². The van der Waals surface area contributed by atoms with Crippen LogP contribution in [0.2, 0.25) is 0 Å². The summed E-state index contributed by atoms with van der Waals surface area (Å²) in [6.45, 7) is 4.70. The summed E-state index contributed by atoms with van der Waals surface area (Å²) in [5.74, 6) is 0.258. The molecule has 1 aromatic rings. The molecule has 21 heavy (non-hydrogen) atoms. The van der Waals surface area contributed by atoms with Crippen LogP contribution < -0.4 is 10.6 Å². The normalized spacial score (nSPS) is 18.9. The molecule has 1 amide bonds. The van der Waals surface area contributed by atoms with Crippen LogP contribution in [0, 0.1) is 17.7 Å². The van der Waals surface area contributed by atoms with E-state index in [2.05, 4.69) is 10.6 Å². The van der Waals surface area contributed by atoms with Crippen LogP contribution >= 0.6 is 12.4 Å². The van der Waals surface area contributed by atoms with Crippen molar-refractivity contribution in [3.63, 3.8) is 0 Å². The third-order valence-corrected chi connectivity index (χ3v) is 3.95. The zero-order valence-electron chi connectivity index (χ0n) is 12.4. The lowest BCUT2D eigenvalue weighted by atomic mass is 9.99. The van der Waals surface area contributed by atoms with E-state index in [4.69, 9.17) is 0 Å². The van der Waals surface area contributed by atoms with E-state index >= 15 is 0 Å². The van der Waals surface area contributed by atoms with Crippen LogP contribution in [0.15, 0.2) is 24.3 Å². The van der Waals surface area contributed by atoms with E-state index in [1.165, 1.54) is 12.5 Å². The van der Waals surface area contributed by atoms with Gasteiger partial charge in [-0.05, 0) is 49.9 Å². The van der Waals surface area contributed by atoms with E-state index in [0.717, 1.165) is 19.5 Å². The Kier molecular flexibility index (Phi) is 7.68. The van der Waals surface area contributed by atoms with Crippen molar-refractivity contribution >= 4 is 18.3 Å². The molecule has 2 N–H and O–H groups in total. The van der Waals surface area contributed by atoms with Gasteiger partial charge in [-0.1, -0.05) is 25.1 Å². The average molecular weight is 315 g/mol. The van der Waals surface area contributed by atoms with Gasteiger partial charge in [-0.25, -0.2) is 4.39 Å². The first kappa shape index (κ1) is 17.9. The van der Waals surface area contributed by atoms with Crippen molar-refractivity contribution in [2.24, 2.45) is 11.8 Å². The summed E-state index contributed by atoms with van der Waals surface area (Å²) < 4.78 is 13.5. The molecule has 0 aromatic heterocycles. The zero-order chi connectivity index (χ0) is 14.4. The second-order valence-electron chi connectivity index (χ2n) is 5.64. The van der Waals surface area contributed by atoms with Gasteiger partial charge < -0.3 is 10.6 Å². The molecule has 2 rings (SSSR count). The predicted molar refractivity (Wildman–Crippen MR) is 85.1 cm³/mol. The molecule has 1 heterocycles. The molecular formula is C16H24ClFN2O. The minimum absolute atomic E-state index is 0. The molecule has 1 aliphatic rings. The predicted octanol–water partition coefficient (Wildman–Crippen LogP) is 2.54. The highest BCUT2D eigenvalue weighted by molar-refractivity contribution is 5.85. The molecule has 0 saturated carbocycles. The van der Waals surface area contributed by atoms with Crippen LogP contribution in [0.25, 0.3) is 0 Å². The zero-order valence-corrected chi connectivity index (χ0v) is 13.2. The Bertz CT molecular complexity index is 450. The third-order valence-electron chi connectivity index (χ3n) is 3.95. The van der Waals surface area contributed by atoms with Crippen molar-refractivity contribution in [1.29, 1.82) is 0 Å². The highest BCUT2D eigenvalue weighted by Gasteiger charge is 2.17. The van der Waals surface area contributed by atoms with E-state index in [0.29, 0.717) is 24.4 Å². The van der Waals surface area contributed by atoms with Gasteiger partial charge in [0, 0.05) is 12.5 Å². The molecule has 118 valence electrons. The summed E-state index contributed by atoms with van der Waals surface area (Å²) in [6, 6.07) is 6.64. The number of rotatable bonds is 6. The molecule has 1 fully saturated rings. The van der Waals surface area contributed by atoms with E-state index in [1.807, 2.05) is 6.92 Å². The van der Waals surface area contributed by atoms with Crippen molar-refractivity contribution in [3.05, 3.63) is 35.6 Å². The minimum atomic E-state index is -0.232. The third kappa shape index (κ3) is 5.64. The van der Waals surface area contributed by atoms with Crippen molar-refractivity contribution < 1.29 is 9.18 Å². The molecule has 0 bridgehead atoms. The van der Waals surface area contributed by atoms with Gasteiger partial charge in [0.25, 0.3) is 0 Å². The molecule has 0 aliphatic carbocycles. The summed E-state index contributed by atoms with van der Waals surface area (Å²) in [4.78, 5) is 12.0. The molecular weight excluding hydrogens is 291 g/mol. The highest BCUT2D eigenvalue weighted by atomic mass is 35.5. The smallest absolute Gasteiger partial charge is 0.223 e. The van der Waals surface area contributed by atoms with Gasteiger partial charge in [-0.3, -0.25) is 4.79 Å². The topological polar surface area (TPSA) is 41.1 Å². The first-order valence-electron chi connectivity index (χ1n) is 7.38. The van der Waals surface area contributed by atoms with Gasteiger partial charge in [0.2, 0.25) is 5.91 Å². The summed E-state index contributed by atoms with van der Waals surface area (Å²) >= 11 is 0. The maximum atomic E-state index is 13.5. The van der Waals surface area contributed by atoms with Gasteiger partial charge in [-0.2, -0.15) is 0 Å². The number of amides is 1. The van der Waals surface area contributed by atoms with Crippen LogP contribution in [-0.2, 0) is 11.2 Å². The van der Waals surface area contributed by atoms with Crippen LogP contribution in [-0.4, -0.2) is 25.5 Å². The van der Waals surface area contributed by atoms with Gasteiger partial charge in [0.15, 0.2) is 0 Å². The number of carbonyl (C=O) groups excluding carboxylic acids is 1. The summed E-state index contributed by atoms with van der Waals surface area (Å²) in [6.07, 6.45) is 2.66. The number of carbonyl (C=O) groups is 1. The lowest BCUT2D eigenvalue weighted by Crippen LogP contribution is -2.32. The summed E-state index contributed by atoms with van der Waals surface area (Å²) in [5, 5.41) is 6.28. The maximum Gasteiger partial charge on any atom is 0.223 e. The number of hydrogen-bond donors (Lipinski definition) is 2. The second kappa shape index (κ2) is 9.00. The fourth-order valence-electron chi connectivity index (χ4n) is 2.62. The Morgan fingerprint density at radius 2 is 2.24 bits per heavy atom. The number of hydrogen-bond acceptors (Lipinski definition) is 2. The van der Waals surface area contributed by atoms with Gasteiger partial charge in [0.1, 0.15) is 5.82 Å². The molecule has 5 heteroatoms. The Labute approximate surface area is 132 Å². The lowest BCUT2D eigenvalue weighted by Gasteiger charge is -2.14. The quantitative estimate of drug-likeness (QED) is 0.847. The molecule has 2 unspecified atom stereocenters. The fourth-order valence-corrected chi connectivity index (χ4v) is 2.62. The van der Waals surface area contributed by atoms with Crippen LogP contribution in [0.1, 0.15) is 25.3 Å². The van der Waals surface area contributed by atoms with Crippen LogP contribution in [0.3, 0.4) is 0 Å². The Balaban J connectivity index is 0.00000220. The largest absolute Gasteiger partial charge is 0.356 e. The fraction of sp³-hybridized carbons (Fsp3) is 0.562. The molecule has 0 radical (unpaired) electrons. The van der Waals surface area contributed by atoms with Crippen LogP contribution in [0.4, 0.5) is 4.39 Å². The van der Waals surface area contributed by atoms with E-state index in [-0.39, 0.29) is 30.0 Å². The number of benzene rings is 1. The molecule has 1 aliphatic heterocycles. The summed E-state index contributed by atoms with van der Waals surface area (Å²) in [7, 11) is 0. The van der Waals surface area contributed by atoms with Crippen LogP contribution in [0.5, 0.6) is 0 Å². The van der Waals surface area contributed by atoms with E-state index < -0.39 is 0 Å². The average Bonchev–Trinajstić information content (AvgIpc) is 2.94. The van der Waals surface area contributed by atoms with Gasteiger partial charge in [0.05, 0.1) is 0 Å². The second-order valence-corrected chi connectivity index (χ2v) is 5.64. The molecule has 0 spiro atoms. The first-order valence-corrected chi connectivity index (χ1v) is 7.38. The summed E-state index contributed by atoms with van der Waals surface area (Å²) in [5.41, 5.74) is 0.607.